The van der Waals surface area contributed by atoms with E-state index >= 15 is 0 Å². The smallest absolute Gasteiger partial charge is 0.171 e. The number of aromatic nitrogens is 2. The molecule has 1 fully saturated rings. The summed E-state index contributed by atoms with van der Waals surface area (Å²) < 4.78 is 5.45. The molecule has 88 valence electrons. The van der Waals surface area contributed by atoms with Crippen molar-refractivity contribution >= 4 is 17.4 Å². The Morgan fingerprint density at radius 3 is 3.00 bits per heavy atom. The first-order valence-corrected chi connectivity index (χ1v) is 5.55. The third kappa shape index (κ3) is 2.26. The van der Waals surface area contributed by atoms with Crippen molar-refractivity contribution in [2.24, 2.45) is 0 Å². The van der Waals surface area contributed by atoms with Gasteiger partial charge < -0.3 is 14.7 Å². The predicted molar refractivity (Wildman–Crippen MR) is 60.7 cm³/mol. The first kappa shape index (κ1) is 11.6. The topological polar surface area (TPSA) is 58.5 Å². The molecule has 1 saturated heterocycles. The molecule has 16 heavy (non-hydrogen) atoms. The van der Waals surface area contributed by atoms with Crippen molar-refractivity contribution in [2.45, 2.75) is 19.1 Å². The molecule has 0 aromatic carbocycles. The van der Waals surface area contributed by atoms with E-state index in [1.807, 2.05) is 11.8 Å². The maximum absolute atomic E-state index is 9.09. The van der Waals surface area contributed by atoms with E-state index in [4.69, 9.17) is 21.4 Å². The van der Waals surface area contributed by atoms with E-state index in [1.54, 1.807) is 12.4 Å². The Morgan fingerprint density at radius 1 is 1.56 bits per heavy atom. The molecule has 0 saturated carbocycles. The lowest BCUT2D eigenvalue weighted by atomic mass is 10.2. The van der Waals surface area contributed by atoms with Gasteiger partial charge in [0, 0.05) is 18.9 Å². The van der Waals surface area contributed by atoms with Crippen molar-refractivity contribution in [1.29, 1.82) is 0 Å². The maximum atomic E-state index is 9.09. The fraction of sp³-hybridized carbons (Fsp3) is 0.600. The highest BCUT2D eigenvalue weighted by Gasteiger charge is 2.28. The zero-order valence-electron chi connectivity index (χ0n) is 9.01. The largest absolute Gasteiger partial charge is 0.394 e. The molecule has 0 spiro atoms. The van der Waals surface area contributed by atoms with E-state index in [9.17, 15) is 0 Å². The van der Waals surface area contributed by atoms with Crippen LogP contribution < -0.4 is 4.90 Å². The van der Waals surface area contributed by atoms with E-state index < -0.39 is 0 Å². The van der Waals surface area contributed by atoms with Crippen molar-refractivity contribution in [3.8, 4) is 0 Å². The van der Waals surface area contributed by atoms with Crippen LogP contribution in [-0.4, -0.2) is 47.0 Å². The summed E-state index contributed by atoms with van der Waals surface area (Å²) in [5.41, 5.74) is 0. The molecule has 2 atom stereocenters. The van der Waals surface area contributed by atoms with Gasteiger partial charge in [-0.2, -0.15) is 0 Å². The van der Waals surface area contributed by atoms with Crippen LogP contribution in [-0.2, 0) is 4.74 Å². The summed E-state index contributed by atoms with van der Waals surface area (Å²) in [5.74, 6) is 0.651. The van der Waals surface area contributed by atoms with Gasteiger partial charge in [0.25, 0.3) is 0 Å². The summed E-state index contributed by atoms with van der Waals surface area (Å²) in [5, 5.41) is 9.47. The maximum Gasteiger partial charge on any atom is 0.171 e. The molecular formula is C10H14ClN3O2. The minimum absolute atomic E-state index is 0.00109. The van der Waals surface area contributed by atoms with Crippen LogP contribution >= 0.6 is 11.6 Å². The summed E-state index contributed by atoms with van der Waals surface area (Å²) in [6.07, 6.45) is 2.98. The highest BCUT2D eigenvalue weighted by molar-refractivity contribution is 6.31. The Bertz CT molecular complexity index is 364. The Balaban J connectivity index is 2.21. The second-order valence-corrected chi connectivity index (χ2v) is 4.17. The fourth-order valence-electron chi connectivity index (χ4n) is 1.73. The van der Waals surface area contributed by atoms with Gasteiger partial charge in [-0.3, -0.25) is 0 Å². The number of halogens is 1. The van der Waals surface area contributed by atoms with E-state index in [0.29, 0.717) is 24.1 Å². The quantitative estimate of drug-likeness (QED) is 0.829. The van der Waals surface area contributed by atoms with Gasteiger partial charge in [0.15, 0.2) is 11.0 Å². The number of hydrogen-bond acceptors (Lipinski definition) is 5. The predicted octanol–water partition coefficient (Wildman–Crippen LogP) is 0.716. The molecule has 1 aromatic rings. The van der Waals surface area contributed by atoms with Gasteiger partial charge in [0.1, 0.15) is 0 Å². The number of hydrogen-bond donors (Lipinski definition) is 1. The number of ether oxygens (including phenoxy) is 1. The van der Waals surface area contributed by atoms with Gasteiger partial charge in [-0.25, -0.2) is 9.97 Å². The Hall–Kier alpha value is -0.910. The number of rotatable bonds is 2. The molecule has 0 amide bonds. The molecule has 1 aromatic heterocycles. The SMILES string of the molecule is CC1COC(CO)CN1c1nccnc1Cl. The first-order valence-electron chi connectivity index (χ1n) is 5.18. The standard InChI is InChI=1S/C10H14ClN3O2/c1-7-6-16-8(5-15)4-14(7)10-9(11)12-2-3-13-10/h2-3,7-8,15H,4-6H2,1H3. The van der Waals surface area contributed by atoms with Crippen molar-refractivity contribution in [3.63, 3.8) is 0 Å². The molecule has 0 radical (unpaired) electrons. The zero-order valence-corrected chi connectivity index (χ0v) is 9.76. The molecule has 5 nitrogen and oxygen atoms in total. The average Bonchev–Trinajstić information content (AvgIpc) is 2.31. The number of aliphatic hydroxyl groups is 1. The van der Waals surface area contributed by atoms with Crippen LogP contribution in [0.4, 0.5) is 5.82 Å². The summed E-state index contributed by atoms with van der Waals surface area (Å²) in [7, 11) is 0. The van der Waals surface area contributed by atoms with Crippen molar-refractivity contribution in [2.75, 3.05) is 24.7 Å². The van der Waals surface area contributed by atoms with Gasteiger partial charge in [-0.15, -0.1) is 0 Å². The van der Waals surface area contributed by atoms with Crippen LogP contribution in [0.15, 0.2) is 12.4 Å². The van der Waals surface area contributed by atoms with Gasteiger partial charge in [0.2, 0.25) is 0 Å². The second kappa shape index (κ2) is 4.95. The highest BCUT2D eigenvalue weighted by atomic mass is 35.5. The van der Waals surface area contributed by atoms with Crippen LogP contribution in [0.1, 0.15) is 6.92 Å². The van der Waals surface area contributed by atoms with Gasteiger partial charge in [-0.1, -0.05) is 11.6 Å². The van der Waals surface area contributed by atoms with Crippen molar-refractivity contribution < 1.29 is 9.84 Å². The normalized spacial score (nSPS) is 25.8. The second-order valence-electron chi connectivity index (χ2n) is 3.81. The van der Waals surface area contributed by atoms with Crippen molar-refractivity contribution in [3.05, 3.63) is 17.5 Å². The fourth-order valence-corrected chi connectivity index (χ4v) is 1.94. The minimum atomic E-state index is -0.186. The number of aliphatic hydroxyl groups excluding tert-OH is 1. The Morgan fingerprint density at radius 2 is 2.31 bits per heavy atom. The van der Waals surface area contributed by atoms with Crippen LogP contribution in [0, 0.1) is 0 Å². The van der Waals surface area contributed by atoms with E-state index in [1.165, 1.54) is 0 Å². The highest BCUT2D eigenvalue weighted by Crippen LogP contribution is 2.24. The lowest BCUT2D eigenvalue weighted by molar-refractivity contribution is -0.0105. The molecule has 2 unspecified atom stereocenters. The zero-order chi connectivity index (χ0) is 11.5. The monoisotopic (exact) mass is 243 g/mol. The Kier molecular flexibility index (Phi) is 3.58. The van der Waals surface area contributed by atoms with Gasteiger partial charge >= 0.3 is 0 Å². The molecule has 2 heterocycles. The number of morpholine rings is 1. The minimum Gasteiger partial charge on any atom is -0.394 e. The number of anilines is 1. The summed E-state index contributed by atoms with van der Waals surface area (Å²) in [6.45, 7) is 3.16. The number of nitrogens with zero attached hydrogens (tertiary/aromatic N) is 3. The molecule has 6 heteroatoms. The molecule has 1 aliphatic heterocycles. The third-order valence-electron chi connectivity index (χ3n) is 2.62. The van der Waals surface area contributed by atoms with E-state index in [0.717, 1.165) is 0 Å². The third-order valence-corrected chi connectivity index (χ3v) is 2.88. The van der Waals surface area contributed by atoms with Crippen molar-refractivity contribution in [1.82, 2.24) is 9.97 Å². The van der Waals surface area contributed by atoms with E-state index in [2.05, 4.69) is 9.97 Å². The van der Waals surface area contributed by atoms with Gasteiger partial charge in [-0.05, 0) is 6.92 Å². The van der Waals surface area contributed by atoms with E-state index in [-0.39, 0.29) is 18.8 Å². The molecule has 2 rings (SSSR count). The lowest BCUT2D eigenvalue weighted by Crippen LogP contribution is -2.50. The van der Waals surface area contributed by atoms with Crippen LogP contribution in [0.3, 0.4) is 0 Å². The van der Waals surface area contributed by atoms with Crippen LogP contribution in [0.25, 0.3) is 0 Å². The molecule has 0 bridgehead atoms. The first-order chi connectivity index (χ1) is 7.72. The lowest BCUT2D eigenvalue weighted by Gasteiger charge is -2.38. The van der Waals surface area contributed by atoms with Crippen LogP contribution in [0.5, 0.6) is 0 Å². The summed E-state index contributed by atoms with van der Waals surface area (Å²) in [6, 6.07) is 0.178. The molecule has 1 aliphatic rings. The summed E-state index contributed by atoms with van der Waals surface area (Å²) in [4.78, 5) is 10.2. The average molecular weight is 244 g/mol. The molecule has 1 N–H and O–H groups in total. The molecular weight excluding hydrogens is 230 g/mol. The summed E-state index contributed by atoms with van der Waals surface area (Å²) >= 11 is 6.00. The Labute approximate surface area is 99.0 Å². The van der Waals surface area contributed by atoms with Gasteiger partial charge in [0.05, 0.1) is 25.4 Å². The molecule has 0 aliphatic carbocycles. The van der Waals surface area contributed by atoms with Crippen LogP contribution in [0.2, 0.25) is 5.15 Å².